The normalized spacial score (nSPS) is 27.3. The molecule has 30 heavy (non-hydrogen) atoms. The Morgan fingerprint density at radius 3 is 2.43 bits per heavy atom. The van der Waals surface area contributed by atoms with Crippen LogP contribution in [-0.4, -0.2) is 41.5 Å². The molecule has 1 heterocycles. The summed E-state index contributed by atoms with van der Waals surface area (Å²) in [6.45, 7) is 10.7. The quantitative estimate of drug-likeness (QED) is 0.595. The van der Waals surface area contributed by atoms with Gasteiger partial charge in [-0.1, -0.05) is 41.5 Å². The minimum Gasteiger partial charge on any atom is -0.458 e. The molecule has 1 aliphatic heterocycles. The molecule has 1 aliphatic carbocycles. The number of nitrogens with two attached hydrogens (primary N) is 1. The SMILES string of the molecule is CC1=C(C)C[C@@](CN)(C(=O)N2CCC[C@H]2C(=O)OC(C)(C)C)[C@H](c2ccccc2)C1. The van der Waals surface area contributed by atoms with Crippen LogP contribution >= 0.6 is 0 Å². The Balaban J connectivity index is 1.98. The van der Waals surface area contributed by atoms with Gasteiger partial charge >= 0.3 is 5.97 Å². The van der Waals surface area contributed by atoms with E-state index in [0.29, 0.717) is 19.4 Å². The van der Waals surface area contributed by atoms with Gasteiger partial charge in [0.2, 0.25) is 5.91 Å². The Morgan fingerprint density at radius 1 is 1.17 bits per heavy atom. The van der Waals surface area contributed by atoms with E-state index in [9.17, 15) is 9.59 Å². The summed E-state index contributed by atoms with van der Waals surface area (Å²) < 4.78 is 5.63. The van der Waals surface area contributed by atoms with Gasteiger partial charge in [0.15, 0.2) is 0 Å². The van der Waals surface area contributed by atoms with Crippen molar-refractivity contribution in [3.63, 3.8) is 0 Å². The van der Waals surface area contributed by atoms with Gasteiger partial charge < -0.3 is 15.4 Å². The topological polar surface area (TPSA) is 72.6 Å². The standard InChI is InChI=1S/C25H36N2O3/c1-17-14-20(19-10-7-6-8-11-19)25(16-26,15-18(17)2)23(29)27-13-9-12-21(27)22(28)30-24(3,4)5/h6-8,10-11,20-21H,9,12-16,26H2,1-5H3/t20-,21-,25-/m0/s1. The molecule has 0 spiro atoms. The molecule has 1 aromatic carbocycles. The van der Waals surface area contributed by atoms with Crippen LogP contribution < -0.4 is 5.73 Å². The summed E-state index contributed by atoms with van der Waals surface area (Å²) >= 11 is 0. The van der Waals surface area contributed by atoms with Crippen LogP contribution in [0.5, 0.6) is 0 Å². The maximum Gasteiger partial charge on any atom is 0.329 e. The van der Waals surface area contributed by atoms with E-state index >= 15 is 0 Å². The molecular formula is C25H36N2O3. The third-order valence-corrected chi connectivity index (χ3v) is 6.67. The van der Waals surface area contributed by atoms with Crippen molar-refractivity contribution in [2.75, 3.05) is 13.1 Å². The van der Waals surface area contributed by atoms with Gasteiger partial charge in [0, 0.05) is 19.0 Å². The van der Waals surface area contributed by atoms with Gasteiger partial charge in [-0.25, -0.2) is 4.79 Å². The van der Waals surface area contributed by atoms with Crippen LogP contribution in [0.4, 0.5) is 0 Å². The molecule has 5 heteroatoms. The highest BCUT2D eigenvalue weighted by molar-refractivity contribution is 5.90. The number of rotatable bonds is 4. The fourth-order valence-corrected chi connectivity index (χ4v) is 4.98. The van der Waals surface area contributed by atoms with Crippen LogP contribution in [0.25, 0.3) is 0 Å². The van der Waals surface area contributed by atoms with Gasteiger partial charge in [0.05, 0.1) is 5.41 Å². The zero-order valence-corrected chi connectivity index (χ0v) is 19.0. The predicted molar refractivity (Wildman–Crippen MR) is 119 cm³/mol. The molecule has 1 amide bonds. The molecule has 164 valence electrons. The maximum absolute atomic E-state index is 14.1. The summed E-state index contributed by atoms with van der Waals surface area (Å²) in [6.07, 6.45) is 2.89. The number of amides is 1. The van der Waals surface area contributed by atoms with Crippen LogP contribution in [0.3, 0.4) is 0 Å². The largest absolute Gasteiger partial charge is 0.458 e. The second-order valence-corrected chi connectivity index (χ2v) is 9.96. The number of hydrogen-bond acceptors (Lipinski definition) is 4. The number of carbonyl (C=O) groups excluding carboxylic acids is 2. The summed E-state index contributed by atoms with van der Waals surface area (Å²) in [5, 5.41) is 0. The van der Waals surface area contributed by atoms with E-state index in [0.717, 1.165) is 18.4 Å². The van der Waals surface area contributed by atoms with Gasteiger partial charge in [-0.2, -0.15) is 0 Å². The summed E-state index contributed by atoms with van der Waals surface area (Å²) in [7, 11) is 0. The molecule has 2 aliphatic rings. The van der Waals surface area contributed by atoms with E-state index < -0.39 is 17.1 Å². The van der Waals surface area contributed by atoms with Crippen LogP contribution in [0.1, 0.15) is 71.8 Å². The molecule has 3 rings (SSSR count). The summed E-state index contributed by atoms with van der Waals surface area (Å²) in [5.41, 5.74) is 8.75. The molecule has 0 bridgehead atoms. The number of nitrogens with zero attached hydrogens (tertiary/aromatic N) is 1. The fraction of sp³-hybridized carbons (Fsp3) is 0.600. The van der Waals surface area contributed by atoms with Crippen LogP contribution in [-0.2, 0) is 14.3 Å². The van der Waals surface area contributed by atoms with Gasteiger partial charge in [0.1, 0.15) is 11.6 Å². The number of benzene rings is 1. The average molecular weight is 413 g/mol. The second-order valence-electron chi connectivity index (χ2n) is 9.96. The van der Waals surface area contributed by atoms with E-state index in [1.807, 2.05) is 39.0 Å². The number of ether oxygens (including phenoxy) is 1. The summed E-state index contributed by atoms with van der Waals surface area (Å²) in [6, 6.07) is 9.67. The highest BCUT2D eigenvalue weighted by Gasteiger charge is 2.52. The Kier molecular flexibility index (Phi) is 6.42. The number of likely N-dealkylation sites (tertiary alicyclic amines) is 1. The second kappa shape index (κ2) is 8.54. The molecule has 3 atom stereocenters. The number of carbonyl (C=O) groups is 2. The first-order valence-electron chi connectivity index (χ1n) is 11.0. The monoisotopic (exact) mass is 412 g/mol. The van der Waals surface area contributed by atoms with Crippen molar-refractivity contribution < 1.29 is 14.3 Å². The lowest BCUT2D eigenvalue weighted by Gasteiger charge is -2.46. The van der Waals surface area contributed by atoms with E-state index in [4.69, 9.17) is 10.5 Å². The summed E-state index contributed by atoms with van der Waals surface area (Å²) in [5.74, 6) is -0.310. The predicted octanol–water partition coefficient (Wildman–Crippen LogP) is 4.18. The Hall–Kier alpha value is -2.14. The van der Waals surface area contributed by atoms with E-state index in [1.165, 1.54) is 11.1 Å². The van der Waals surface area contributed by atoms with Crippen molar-refractivity contribution in [1.29, 1.82) is 0 Å². The zero-order valence-electron chi connectivity index (χ0n) is 19.0. The third kappa shape index (κ3) is 4.31. The summed E-state index contributed by atoms with van der Waals surface area (Å²) in [4.78, 5) is 28.7. The van der Waals surface area contributed by atoms with Gasteiger partial charge in [-0.05, 0) is 65.9 Å². The molecule has 1 saturated heterocycles. The minimum atomic E-state index is -0.741. The zero-order chi connectivity index (χ0) is 22.1. The Morgan fingerprint density at radius 2 is 1.83 bits per heavy atom. The highest BCUT2D eigenvalue weighted by Crippen LogP contribution is 2.50. The van der Waals surface area contributed by atoms with Gasteiger partial charge in [0.25, 0.3) is 0 Å². The van der Waals surface area contributed by atoms with Crippen LogP contribution in [0, 0.1) is 5.41 Å². The molecule has 0 saturated carbocycles. The molecule has 1 fully saturated rings. The lowest BCUT2D eigenvalue weighted by Crippen LogP contribution is -2.55. The number of esters is 1. The van der Waals surface area contributed by atoms with Gasteiger partial charge in [-0.3, -0.25) is 4.79 Å². The van der Waals surface area contributed by atoms with Crippen molar-refractivity contribution in [3.05, 3.63) is 47.0 Å². The molecular weight excluding hydrogens is 376 g/mol. The number of allylic oxidation sites excluding steroid dienone is 2. The third-order valence-electron chi connectivity index (χ3n) is 6.67. The molecule has 1 aromatic rings. The van der Waals surface area contributed by atoms with Crippen molar-refractivity contribution in [2.24, 2.45) is 11.1 Å². The van der Waals surface area contributed by atoms with Crippen molar-refractivity contribution >= 4 is 11.9 Å². The molecule has 2 N–H and O–H groups in total. The van der Waals surface area contributed by atoms with Crippen LogP contribution in [0.15, 0.2) is 41.5 Å². The molecule has 0 radical (unpaired) electrons. The first-order chi connectivity index (χ1) is 14.1. The first-order valence-corrected chi connectivity index (χ1v) is 11.0. The van der Waals surface area contributed by atoms with E-state index in [-0.39, 0.29) is 24.3 Å². The molecule has 0 aromatic heterocycles. The van der Waals surface area contributed by atoms with E-state index in [1.54, 1.807) is 4.90 Å². The number of hydrogen-bond donors (Lipinski definition) is 1. The van der Waals surface area contributed by atoms with Crippen molar-refractivity contribution in [2.45, 2.75) is 77.9 Å². The Labute approximate surface area is 180 Å². The fourth-order valence-electron chi connectivity index (χ4n) is 4.98. The maximum atomic E-state index is 14.1. The first kappa shape index (κ1) is 22.5. The molecule has 5 nitrogen and oxygen atoms in total. The van der Waals surface area contributed by atoms with E-state index in [2.05, 4.69) is 26.0 Å². The van der Waals surface area contributed by atoms with Crippen molar-refractivity contribution in [3.8, 4) is 0 Å². The average Bonchev–Trinajstić information content (AvgIpc) is 3.18. The van der Waals surface area contributed by atoms with Crippen LogP contribution in [0.2, 0.25) is 0 Å². The van der Waals surface area contributed by atoms with Crippen molar-refractivity contribution in [1.82, 2.24) is 4.90 Å². The highest BCUT2D eigenvalue weighted by atomic mass is 16.6. The lowest BCUT2D eigenvalue weighted by molar-refractivity contribution is -0.165. The minimum absolute atomic E-state index is 0.000198. The smallest absolute Gasteiger partial charge is 0.329 e. The van der Waals surface area contributed by atoms with Gasteiger partial charge in [-0.15, -0.1) is 0 Å². The Bertz CT molecular complexity index is 825. The molecule has 0 unspecified atom stereocenters. The lowest BCUT2D eigenvalue weighted by atomic mass is 9.61.